The van der Waals surface area contributed by atoms with E-state index < -0.39 is 9.84 Å². The van der Waals surface area contributed by atoms with Crippen molar-refractivity contribution in [2.75, 3.05) is 18.6 Å². The highest BCUT2D eigenvalue weighted by atomic mass is 32.2. The molecule has 112 valence electrons. The molecule has 0 N–H and O–H groups in total. The van der Waals surface area contributed by atoms with Crippen LogP contribution in [-0.2, 0) is 16.9 Å². The average Bonchev–Trinajstić information content (AvgIpc) is 2.98. The number of sulfone groups is 1. The van der Waals surface area contributed by atoms with E-state index in [1.54, 1.807) is 18.8 Å². The molecule has 1 aromatic heterocycles. The van der Waals surface area contributed by atoms with Gasteiger partial charge in [0.25, 0.3) is 5.91 Å². The lowest BCUT2D eigenvalue weighted by Gasteiger charge is -2.22. The van der Waals surface area contributed by atoms with E-state index in [-0.39, 0.29) is 23.5 Å². The summed E-state index contributed by atoms with van der Waals surface area (Å²) in [5, 5.41) is 5.08. The molecule has 1 fully saturated rings. The molecular formula is C14H17N3O3S. The van der Waals surface area contributed by atoms with Crippen LogP contribution in [0.5, 0.6) is 0 Å². The zero-order valence-corrected chi connectivity index (χ0v) is 12.8. The van der Waals surface area contributed by atoms with Crippen molar-refractivity contribution >= 4 is 26.6 Å². The van der Waals surface area contributed by atoms with E-state index in [9.17, 15) is 13.2 Å². The first-order valence-corrected chi connectivity index (χ1v) is 8.60. The molecule has 6 nitrogen and oxygen atoms in total. The smallest absolute Gasteiger partial charge is 0.275 e. The van der Waals surface area contributed by atoms with Crippen molar-refractivity contribution in [3.8, 4) is 0 Å². The van der Waals surface area contributed by atoms with Gasteiger partial charge in [0.1, 0.15) is 0 Å². The summed E-state index contributed by atoms with van der Waals surface area (Å²) in [6, 6.07) is 7.25. The molecule has 1 atom stereocenters. The summed E-state index contributed by atoms with van der Waals surface area (Å²) < 4.78 is 24.8. The van der Waals surface area contributed by atoms with Crippen LogP contribution in [-0.4, -0.2) is 53.6 Å². The molecule has 0 bridgehead atoms. The highest BCUT2D eigenvalue weighted by Gasteiger charge is 2.34. The topological polar surface area (TPSA) is 72.3 Å². The number of carbonyl (C=O) groups is 1. The minimum atomic E-state index is -3.01. The summed E-state index contributed by atoms with van der Waals surface area (Å²) in [7, 11) is 0.428. The molecule has 7 heteroatoms. The molecule has 1 amide bonds. The highest BCUT2D eigenvalue weighted by molar-refractivity contribution is 7.91. The Morgan fingerprint density at radius 1 is 1.38 bits per heavy atom. The average molecular weight is 307 g/mol. The Balaban J connectivity index is 1.94. The second-order valence-electron chi connectivity index (χ2n) is 5.46. The lowest BCUT2D eigenvalue weighted by atomic mass is 10.1. The molecular weight excluding hydrogens is 290 g/mol. The van der Waals surface area contributed by atoms with Gasteiger partial charge in [-0.1, -0.05) is 18.2 Å². The Morgan fingerprint density at radius 2 is 2.10 bits per heavy atom. The van der Waals surface area contributed by atoms with Crippen LogP contribution in [0.4, 0.5) is 0 Å². The van der Waals surface area contributed by atoms with E-state index in [4.69, 9.17) is 0 Å². The number of benzene rings is 1. The van der Waals surface area contributed by atoms with Crippen LogP contribution in [0.15, 0.2) is 24.3 Å². The zero-order valence-electron chi connectivity index (χ0n) is 12.0. The molecule has 0 radical (unpaired) electrons. The molecule has 1 aliphatic rings. The predicted octanol–water partition coefficient (Wildman–Crippen LogP) is 0.832. The summed E-state index contributed by atoms with van der Waals surface area (Å²) >= 11 is 0. The van der Waals surface area contributed by atoms with Crippen molar-refractivity contribution in [2.45, 2.75) is 12.5 Å². The van der Waals surface area contributed by atoms with Crippen molar-refractivity contribution in [3.05, 3.63) is 30.0 Å². The first-order valence-electron chi connectivity index (χ1n) is 6.78. The van der Waals surface area contributed by atoms with Crippen LogP contribution in [0.25, 0.3) is 10.9 Å². The number of fused-ring (bicyclic) bond motifs is 1. The molecule has 0 spiro atoms. The number of carbonyl (C=O) groups excluding carboxylic acids is 1. The summed E-state index contributed by atoms with van der Waals surface area (Å²) in [4.78, 5) is 14.1. The van der Waals surface area contributed by atoms with Crippen LogP contribution in [0.2, 0.25) is 0 Å². The van der Waals surface area contributed by atoms with Crippen molar-refractivity contribution in [2.24, 2.45) is 7.05 Å². The third-order valence-corrected chi connectivity index (χ3v) is 5.79. The van der Waals surface area contributed by atoms with Gasteiger partial charge < -0.3 is 4.90 Å². The molecule has 2 heterocycles. The van der Waals surface area contributed by atoms with Gasteiger partial charge in [0.2, 0.25) is 0 Å². The van der Waals surface area contributed by atoms with Crippen LogP contribution >= 0.6 is 0 Å². The second-order valence-corrected chi connectivity index (χ2v) is 7.69. The van der Waals surface area contributed by atoms with Gasteiger partial charge in [0.05, 0.1) is 17.0 Å². The van der Waals surface area contributed by atoms with Crippen LogP contribution in [0.1, 0.15) is 16.9 Å². The normalized spacial score (nSPS) is 20.8. The fourth-order valence-electron chi connectivity index (χ4n) is 2.79. The molecule has 3 rings (SSSR count). The zero-order chi connectivity index (χ0) is 15.2. The molecule has 1 unspecified atom stereocenters. The Bertz CT molecular complexity index is 810. The number of aryl methyl sites for hydroxylation is 1. The van der Waals surface area contributed by atoms with Crippen LogP contribution in [0.3, 0.4) is 0 Å². The molecule has 21 heavy (non-hydrogen) atoms. The minimum absolute atomic E-state index is 0.0417. The molecule has 1 saturated heterocycles. The van der Waals surface area contributed by atoms with Crippen molar-refractivity contribution in [1.82, 2.24) is 14.7 Å². The van der Waals surface area contributed by atoms with E-state index in [2.05, 4.69) is 5.10 Å². The highest BCUT2D eigenvalue weighted by Crippen LogP contribution is 2.22. The van der Waals surface area contributed by atoms with Gasteiger partial charge in [-0.2, -0.15) is 5.10 Å². The standard InChI is InChI=1S/C14H17N3O3S/c1-16(10-7-8-21(19,20)9-10)14(18)13-11-5-3-4-6-12(11)17(2)15-13/h3-6,10H,7-9H2,1-2H3. The summed E-state index contributed by atoms with van der Waals surface area (Å²) in [5.41, 5.74) is 1.26. The lowest BCUT2D eigenvalue weighted by Crippen LogP contribution is -2.38. The van der Waals surface area contributed by atoms with E-state index >= 15 is 0 Å². The van der Waals surface area contributed by atoms with E-state index in [0.717, 1.165) is 10.9 Å². The number of rotatable bonds is 2. The predicted molar refractivity (Wildman–Crippen MR) is 79.9 cm³/mol. The van der Waals surface area contributed by atoms with Gasteiger partial charge >= 0.3 is 0 Å². The fourth-order valence-corrected chi connectivity index (χ4v) is 4.56. The Hall–Kier alpha value is -1.89. The number of nitrogens with zero attached hydrogens (tertiary/aromatic N) is 3. The van der Waals surface area contributed by atoms with Gasteiger partial charge in [-0.3, -0.25) is 9.48 Å². The number of hydrogen-bond acceptors (Lipinski definition) is 4. The number of para-hydroxylation sites is 1. The quantitative estimate of drug-likeness (QED) is 0.824. The summed E-state index contributed by atoms with van der Waals surface area (Å²) in [6.07, 6.45) is 0.495. The largest absolute Gasteiger partial charge is 0.336 e. The SMILES string of the molecule is CN(C(=O)c1nn(C)c2ccccc12)C1CCS(=O)(=O)C1. The molecule has 2 aromatic rings. The van der Waals surface area contributed by atoms with Crippen molar-refractivity contribution < 1.29 is 13.2 Å². The van der Waals surface area contributed by atoms with Gasteiger partial charge in [0, 0.05) is 25.5 Å². The summed E-state index contributed by atoms with van der Waals surface area (Å²) in [5.74, 6) is -0.0352. The Morgan fingerprint density at radius 3 is 2.76 bits per heavy atom. The third kappa shape index (κ3) is 2.42. The lowest BCUT2D eigenvalue weighted by molar-refractivity contribution is 0.0743. The number of aromatic nitrogens is 2. The van der Waals surface area contributed by atoms with Crippen molar-refractivity contribution in [1.29, 1.82) is 0 Å². The van der Waals surface area contributed by atoms with Gasteiger partial charge in [0.15, 0.2) is 15.5 Å². The molecule has 1 aromatic carbocycles. The third-order valence-electron chi connectivity index (χ3n) is 4.04. The van der Waals surface area contributed by atoms with E-state index in [1.165, 1.54) is 4.90 Å². The van der Waals surface area contributed by atoms with Gasteiger partial charge in [-0.15, -0.1) is 0 Å². The van der Waals surface area contributed by atoms with Gasteiger partial charge in [-0.05, 0) is 12.5 Å². The first kappa shape index (κ1) is 14.1. The van der Waals surface area contributed by atoms with Crippen LogP contribution in [0, 0.1) is 0 Å². The fraction of sp³-hybridized carbons (Fsp3) is 0.429. The van der Waals surface area contributed by atoms with E-state index in [0.29, 0.717) is 12.1 Å². The van der Waals surface area contributed by atoms with Crippen molar-refractivity contribution in [3.63, 3.8) is 0 Å². The Kier molecular flexibility index (Phi) is 3.24. The molecule has 1 aliphatic heterocycles. The maximum Gasteiger partial charge on any atom is 0.275 e. The molecule has 0 aliphatic carbocycles. The minimum Gasteiger partial charge on any atom is -0.336 e. The second kappa shape index (κ2) is 4.84. The van der Waals surface area contributed by atoms with Crippen LogP contribution < -0.4 is 0 Å². The first-order chi connectivity index (χ1) is 9.89. The number of hydrogen-bond donors (Lipinski definition) is 0. The summed E-state index contributed by atoms with van der Waals surface area (Å²) in [6.45, 7) is 0. The maximum absolute atomic E-state index is 12.6. The number of amides is 1. The molecule has 0 saturated carbocycles. The van der Waals surface area contributed by atoms with E-state index in [1.807, 2.05) is 24.3 Å². The maximum atomic E-state index is 12.6. The Labute approximate surface area is 123 Å². The van der Waals surface area contributed by atoms with Gasteiger partial charge in [-0.25, -0.2) is 8.42 Å². The monoisotopic (exact) mass is 307 g/mol.